The summed E-state index contributed by atoms with van der Waals surface area (Å²) in [4.78, 5) is 16.1. The van der Waals surface area contributed by atoms with E-state index in [1.54, 1.807) is 14.2 Å². The molecule has 2 aromatic carbocycles. The molecule has 0 bridgehead atoms. The van der Waals surface area contributed by atoms with E-state index in [4.69, 9.17) is 15.2 Å². The molecule has 0 aliphatic heterocycles. The number of nitrogens with zero attached hydrogens (tertiary/aromatic N) is 5. The van der Waals surface area contributed by atoms with Crippen molar-refractivity contribution >= 4 is 36.3 Å². The third-order valence-corrected chi connectivity index (χ3v) is 6.42. The van der Waals surface area contributed by atoms with Crippen LogP contribution in [0.25, 0.3) is 0 Å². The monoisotopic (exact) mass is 475 g/mol. The van der Waals surface area contributed by atoms with Crippen LogP contribution in [0.1, 0.15) is 32.1 Å². The second-order valence-corrected chi connectivity index (χ2v) is 8.57. The molecule has 182 valence electrons. The van der Waals surface area contributed by atoms with Gasteiger partial charge < -0.3 is 0 Å². The zero-order chi connectivity index (χ0) is 24.8. The zero-order valence-corrected chi connectivity index (χ0v) is 20.1. The Hall–Kier alpha value is -3.89. The van der Waals surface area contributed by atoms with Gasteiger partial charge in [-0.3, -0.25) is 0 Å². The number of tetrazole rings is 1. The molecule has 3 N–H and O–H groups in total. The number of nitrogens with two attached hydrogens (primary N) is 1. The number of methoxy groups -OCH3 is 2. The first-order chi connectivity index (χ1) is 17.0. The molecule has 0 spiro atoms. The van der Waals surface area contributed by atoms with Crippen molar-refractivity contribution < 1.29 is 14.3 Å². The molecular weight excluding hydrogens is 445 g/mol. The molecule has 10 nitrogen and oxygen atoms in total. The van der Waals surface area contributed by atoms with E-state index in [0.29, 0.717) is 24.1 Å². The van der Waals surface area contributed by atoms with Crippen LogP contribution in [0.5, 0.6) is 11.5 Å². The summed E-state index contributed by atoms with van der Waals surface area (Å²) in [6.45, 7) is 0.239. The molecule has 4 rings (SSSR count). The van der Waals surface area contributed by atoms with E-state index in [0.717, 1.165) is 36.4 Å². The number of hydrogen-bond donors (Lipinski definition) is 2. The normalized spacial score (nSPS) is 14.7. The zero-order valence-electron chi connectivity index (χ0n) is 20.1. The summed E-state index contributed by atoms with van der Waals surface area (Å²) in [7, 11) is 7.58. The van der Waals surface area contributed by atoms with E-state index in [1.165, 1.54) is 4.68 Å². The van der Waals surface area contributed by atoms with E-state index < -0.39 is 5.54 Å². The molecule has 11 heteroatoms. The first-order valence-electron chi connectivity index (χ1n) is 11.6. The van der Waals surface area contributed by atoms with Crippen molar-refractivity contribution in [2.75, 3.05) is 30.2 Å². The van der Waals surface area contributed by atoms with Crippen molar-refractivity contribution in [3.8, 4) is 11.5 Å². The van der Waals surface area contributed by atoms with Gasteiger partial charge in [0, 0.05) is 0 Å². The standard InChI is InChI=1S/C24H30BN7O3/c1-34-19-10-6-17(7-11-19)27-22(33)24(14-4-3-5-15-24)32(18-8-12-20(35-2)13-9-18)21(25)16-31-23(26)28-29-30-31/h6-13,25H,3-5,14-16H2,1-2H3,(H,27,33)(H2,26,28,30). The first kappa shape index (κ1) is 24.2. The Labute approximate surface area is 205 Å². The molecule has 0 saturated heterocycles. The van der Waals surface area contributed by atoms with Crippen molar-refractivity contribution in [1.82, 2.24) is 20.2 Å². The van der Waals surface area contributed by atoms with E-state index >= 15 is 0 Å². The topological polar surface area (TPSA) is 120 Å². The molecule has 1 saturated carbocycles. The Morgan fingerprint density at radius 2 is 1.66 bits per heavy atom. The van der Waals surface area contributed by atoms with E-state index in [9.17, 15) is 4.79 Å². The van der Waals surface area contributed by atoms with Gasteiger partial charge in [-0.25, -0.2) is 0 Å². The number of hydrogen-bond acceptors (Lipinski definition) is 8. The summed E-state index contributed by atoms with van der Waals surface area (Å²) < 4.78 is 12.1. The minimum atomic E-state index is -0.855. The Balaban J connectivity index is 1.73. The molecule has 1 aliphatic carbocycles. The molecule has 3 aromatic rings. The van der Waals surface area contributed by atoms with Crippen LogP contribution in [0.3, 0.4) is 0 Å². The number of benzene rings is 2. The van der Waals surface area contributed by atoms with Crippen molar-refractivity contribution in [3.63, 3.8) is 0 Å². The fourth-order valence-corrected chi connectivity index (χ4v) is 4.64. The molecule has 1 heterocycles. The average Bonchev–Trinajstić information content (AvgIpc) is 3.29. The third kappa shape index (κ3) is 5.13. The number of anilines is 3. The van der Waals surface area contributed by atoms with Gasteiger partial charge >= 0.3 is 205 Å². The van der Waals surface area contributed by atoms with Gasteiger partial charge in [0.15, 0.2) is 0 Å². The molecule has 0 unspecified atom stereocenters. The van der Waals surface area contributed by atoms with Crippen LogP contribution in [-0.4, -0.2) is 58.9 Å². The van der Waals surface area contributed by atoms with Crippen molar-refractivity contribution in [1.29, 1.82) is 0 Å². The molecule has 1 aromatic heterocycles. The Kier molecular flexibility index (Phi) is 7.33. The van der Waals surface area contributed by atoms with Gasteiger partial charge in [0.1, 0.15) is 0 Å². The van der Waals surface area contributed by atoms with Gasteiger partial charge in [-0.05, 0) is 0 Å². The van der Waals surface area contributed by atoms with Crippen LogP contribution in [0.15, 0.2) is 48.5 Å². The number of ether oxygens (including phenoxy) is 2. The fourth-order valence-electron chi connectivity index (χ4n) is 4.64. The fraction of sp³-hybridized carbons (Fsp3) is 0.375. The Morgan fingerprint density at radius 3 is 2.20 bits per heavy atom. The van der Waals surface area contributed by atoms with E-state index in [1.807, 2.05) is 53.4 Å². The average molecular weight is 475 g/mol. The number of nitrogens with one attached hydrogen (secondary N) is 1. The van der Waals surface area contributed by atoms with Gasteiger partial charge in [0.25, 0.3) is 0 Å². The number of carbonyl (C=O) groups is 1. The number of amides is 1. The van der Waals surface area contributed by atoms with E-state index in [-0.39, 0.29) is 18.4 Å². The maximum absolute atomic E-state index is 14.0. The molecule has 1 aliphatic rings. The van der Waals surface area contributed by atoms with Crippen molar-refractivity contribution in [3.05, 3.63) is 48.5 Å². The van der Waals surface area contributed by atoms with Gasteiger partial charge in [-0.1, -0.05) is 0 Å². The minimum absolute atomic E-state index is 0.0935. The summed E-state index contributed by atoms with van der Waals surface area (Å²) in [6, 6.07) is 14.9. The maximum atomic E-state index is 14.0. The van der Waals surface area contributed by atoms with Crippen molar-refractivity contribution in [2.24, 2.45) is 0 Å². The van der Waals surface area contributed by atoms with Crippen LogP contribution >= 0.6 is 0 Å². The number of aromatic nitrogens is 4. The summed E-state index contributed by atoms with van der Waals surface area (Å²) >= 11 is 0. The first-order valence-corrected chi connectivity index (χ1v) is 11.6. The van der Waals surface area contributed by atoms with Crippen LogP contribution < -0.4 is 25.4 Å². The third-order valence-electron chi connectivity index (χ3n) is 6.42. The molecule has 0 radical (unpaired) electrons. The number of rotatable bonds is 9. The van der Waals surface area contributed by atoms with E-state index in [2.05, 4.69) is 28.3 Å². The predicted molar refractivity (Wildman–Crippen MR) is 137 cm³/mol. The van der Waals surface area contributed by atoms with Gasteiger partial charge in [0.2, 0.25) is 0 Å². The molecule has 0 atom stereocenters. The van der Waals surface area contributed by atoms with Crippen LogP contribution in [-0.2, 0) is 11.3 Å². The second-order valence-electron chi connectivity index (χ2n) is 8.57. The quantitative estimate of drug-likeness (QED) is 0.452. The van der Waals surface area contributed by atoms with Gasteiger partial charge in [-0.2, -0.15) is 0 Å². The van der Waals surface area contributed by atoms with Gasteiger partial charge in [0.05, 0.1) is 0 Å². The van der Waals surface area contributed by atoms with Crippen LogP contribution in [0, 0.1) is 0 Å². The Morgan fingerprint density at radius 1 is 1.06 bits per heavy atom. The molecule has 35 heavy (non-hydrogen) atoms. The summed E-state index contributed by atoms with van der Waals surface area (Å²) in [6.07, 6.45) is 4.25. The molecule has 1 amide bonds. The SMILES string of the molecule is B=C(Cn1nnnc1N)N(c1ccc(OC)cc1)C1(C(=O)Nc2ccc(OC)cc2)CCCCC1. The number of nitrogen functional groups attached to an aromatic ring is 1. The second kappa shape index (κ2) is 10.6. The van der Waals surface area contributed by atoms with Gasteiger partial charge in [-0.15, -0.1) is 0 Å². The van der Waals surface area contributed by atoms with Crippen LogP contribution in [0.4, 0.5) is 17.3 Å². The van der Waals surface area contributed by atoms with Crippen LogP contribution in [0.2, 0.25) is 0 Å². The predicted octanol–water partition coefficient (Wildman–Crippen LogP) is 2.15. The van der Waals surface area contributed by atoms with Crippen molar-refractivity contribution in [2.45, 2.75) is 44.2 Å². The summed E-state index contributed by atoms with van der Waals surface area (Å²) in [5.41, 5.74) is 7.25. The number of carbonyl (C=O) groups excluding carboxylic acids is 1. The molecule has 1 fully saturated rings. The summed E-state index contributed by atoms with van der Waals surface area (Å²) in [5, 5.41) is 14.5. The summed E-state index contributed by atoms with van der Waals surface area (Å²) in [5.74, 6) is 1.54. The molecular formula is C24H30BN7O3. The Bertz CT molecular complexity index is 1160.